The summed E-state index contributed by atoms with van der Waals surface area (Å²) in [7, 11) is 0. The molecule has 0 heterocycles. The van der Waals surface area contributed by atoms with Gasteiger partial charge in [-0.05, 0) is 70.6 Å². The molecule has 0 rings (SSSR count). The first-order valence-corrected chi connectivity index (χ1v) is 36.1. The number of aliphatic hydroxyl groups excluding tert-OH is 2. The van der Waals surface area contributed by atoms with Gasteiger partial charge in [0, 0.05) is 12.8 Å². The summed E-state index contributed by atoms with van der Waals surface area (Å²) in [5.41, 5.74) is 0. The van der Waals surface area contributed by atoms with Gasteiger partial charge < -0.3 is 20.3 Å². The fraction of sp³-hybridized carbons (Fsp3) is 0.918. The van der Waals surface area contributed by atoms with Gasteiger partial charge in [0.1, 0.15) is 0 Å². The van der Waals surface area contributed by atoms with Gasteiger partial charge >= 0.3 is 5.97 Å². The molecule has 0 aromatic carbocycles. The summed E-state index contributed by atoms with van der Waals surface area (Å²) >= 11 is 0. The molecule has 0 fully saturated rings. The number of amides is 1. The van der Waals surface area contributed by atoms with Crippen LogP contribution in [0.1, 0.15) is 406 Å². The average Bonchev–Trinajstić information content (AvgIpc) is 3.45. The molecule has 0 aliphatic heterocycles. The summed E-state index contributed by atoms with van der Waals surface area (Å²) in [6.07, 6.45) is 86.9. The lowest BCUT2D eigenvalue weighted by atomic mass is 10.0. The molecule has 3 N–H and O–H groups in total. The SMILES string of the molecule is CCCC/C=C\CCCCCCCC(=O)OCCCCCCCCCCCCCCCCCCCC/C=C\CCCCCCCCCCCCCCCCCCCC(=O)NC(CO)C(O)CCCCCCCCCCCCCC. The zero-order chi connectivity index (χ0) is 57.1. The quantitative estimate of drug-likeness (QED) is 0.0320. The molecular formula is C73H141NO5. The molecule has 6 nitrogen and oxygen atoms in total. The number of hydrogen-bond acceptors (Lipinski definition) is 5. The minimum absolute atomic E-state index is 0.0117. The minimum Gasteiger partial charge on any atom is -0.466 e. The fourth-order valence-corrected chi connectivity index (χ4v) is 11.4. The van der Waals surface area contributed by atoms with Crippen molar-refractivity contribution in [3.05, 3.63) is 24.3 Å². The number of rotatable bonds is 68. The van der Waals surface area contributed by atoms with Gasteiger partial charge in [-0.25, -0.2) is 0 Å². The Morgan fingerprint density at radius 3 is 0.937 bits per heavy atom. The zero-order valence-electron chi connectivity index (χ0n) is 53.6. The van der Waals surface area contributed by atoms with Crippen LogP contribution in [0.25, 0.3) is 0 Å². The van der Waals surface area contributed by atoms with E-state index in [1.807, 2.05) is 0 Å². The molecule has 6 heteroatoms. The van der Waals surface area contributed by atoms with E-state index in [0.29, 0.717) is 25.9 Å². The number of hydrogen-bond donors (Lipinski definition) is 3. The molecular weight excluding hydrogens is 971 g/mol. The molecule has 0 radical (unpaired) electrons. The van der Waals surface area contributed by atoms with Crippen molar-refractivity contribution in [2.24, 2.45) is 0 Å². The number of carbonyl (C=O) groups is 2. The molecule has 0 aliphatic rings. The van der Waals surface area contributed by atoms with E-state index >= 15 is 0 Å². The number of nitrogens with one attached hydrogen (secondary N) is 1. The molecule has 0 saturated heterocycles. The second-order valence-electron chi connectivity index (χ2n) is 24.9. The summed E-state index contributed by atoms with van der Waals surface area (Å²) < 4.78 is 5.47. The van der Waals surface area contributed by atoms with E-state index in [1.165, 1.54) is 327 Å². The van der Waals surface area contributed by atoms with Crippen LogP contribution >= 0.6 is 0 Å². The molecule has 0 saturated carbocycles. The summed E-state index contributed by atoms with van der Waals surface area (Å²) in [6, 6.07) is -0.536. The van der Waals surface area contributed by atoms with Crippen molar-refractivity contribution in [2.45, 2.75) is 418 Å². The highest BCUT2D eigenvalue weighted by Gasteiger charge is 2.20. The average molecular weight is 1110 g/mol. The highest BCUT2D eigenvalue weighted by atomic mass is 16.5. The lowest BCUT2D eigenvalue weighted by Crippen LogP contribution is -2.45. The molecule has 0 bridgehead atoms. The maximum Gasteiger partial charge on any atom is 0.305 e. The molecule has 0 aromatic heterocycles. The molecule has 2 atom stereocenters. The lowest BCUT2D eigenvalue weighted by molar-refractivity contribution is -0.143. The Labute approximate surface area is 494 Å². The van der Waals surface area contributed by atoms with Gasteiger partial charge in [-0.2, -0.15) is 0 Å². The van der Waals surface area contributed by atoms with Gasteiger partial charge in [0.2, 0.25) is 5.91 Å². The molecule has 1 amide bonds. The Hall–Kier alpha value is -1.66. The molecule has 0 spiro atoms. The van der Waals surface area contributed by atoms with E-state index in [9.17, 15) is 19.8 Å². The third kappa shape index (κ3) is 65.4. The van der Waals surface area contributed by atoms with Crippen molar-refractivity contribution >= 4 is 11.9 Å². The van der Waals surface area contributed by atoms with Crippen molar-refractivity contribution in [2.75, 3.05) is 13.2 Å². The van der Waals surface area contributed by atoms with Crippen LogP contribution in [0.15, 0.2) is 24.3 Å². The first kappa shape index (κ1) is 77.3. The number of aliphatic hydroxyl groups is 2. The highest BCUT2D eigenvalue weighted by Crippen LogP contribution is 2.19. The maximum atomic E-state index is 12.5. The van der Waals surface area contributed by atoms with E-state index in [-0.39, 0.29) is 18.5 Å². The summed E-state index contributed by atoms with van der Waals surface area (Å²) in [6.45, 7) is 4.94. The monoisotopic (exact) mass is 1110 g/mol. The second-order valence-corrected chi connectivity index (χ2v) is 24.9. The first-order chi connectivity index (χ1) is 39.0. The van der Waals surface area contributed by atoms with E-state index in [2.05, 4.69) is 43.5 Å². The third-order valence-corrected chi connectivity index (χ3v) is 17.0. The highest BCUT2D eigenvalue weighted by molar-refractivity contribution is 5.76. The van der Waals surface area contributed by atoms with Crippen molar-refractivity contribution in [3.63, 3.8) is 0 Å². The standard InChI is InChI=1S/C73H141NO5/c1-3-5-7-9-11-13-15-46-49-53-57-61-65-71(76)70(69-75)74-72(77)66-62-58-54-50-47-43-41-39-37-35-33-31-29-27-25-23-21-19-17-16-18-20-22-24-26-28-30-32-34-36-38-40-42-44-48-52-56-60-64-68-79-73(78)67-63-59-55-51-45-14-12-10-8-6-4-2/h10,12,16-17,70-71,75-76H,3-9,11,13-15,18-69H2,1-2H3,(H,74,77)/b12-10-,17-16-. The Balaban J connectivity index is 3.30. The largest absolute Gasteiger partial charge is 0.466 e. The molecule has 2 unspecified atom stereocenters. The number of carbonyl (C=O) groups excluding carboxylic acids is 2. The van der Waals surface area contributed by atoms with Gasteiger partial charge in [-0.1, -0.05) is 346 Å². The Morgan fingerprint density at radius 1 is 0.342 bits per heavy atom. The third-order valence-electron chi connectivity index (χ3n) is 17.0. The van der Waals surface area contributed by atoms with Crippen LogP contribution in [-0.4, -0.2) is 47.4 Å². The smallest absolute Gasteiger partial charge is 0.305 e. The first-order valence-electron chi connectivity index (χ1n) is 36.1. The van der Waals surface area contributed by atoms with Crippen LogP contribution in [0.4, 0.5) is 0 Å². The van der Waals surface area contributed by atoms with E-state index in [1.54, 1.807) is 0 Å². The van der Waals surface area contributed by atoms with Gasteiger partial charge in [0.05, 0.1) is 25.4 Å². The van der Waals surface area contributed by atoms with Crippen molar-refractivity contribution < 1.29 is 24.5 Å². The summed E-state index contributed by atoms with van der Waals surface area (Å²) in [5.74, 6) is -0.0172. The summed E-state index contributed by atoms with van der Waals surface area (Å²) in [5, 5.41) is 23.3. The van der Waals surface area contributed by atoms with Crippen LogP contribution < -0.4 is 5.32 Å². The van der Waals surface area contributed by atoms with Crippen LogP contribution in [0.3, 0.4) is 0 Å². The predicted octanol–water partition coefficient (Wildman–Crippen LogP) is 23.3. The predicted molar refractivity (Wildman–Crippen MR) is 347 cm³/mol. The fourth-order valence-electron chi connectivity index (χ4n) is 11.4. The molecule has 468 valence electrons. The van der Waals surface area contributed by atoms with E-state index in [4.69, 9.17) is 4.74 Å². The number of ether oxygens (including phenoxy) is 1. The Kier molecular flexibility index (Phi) is 67.4. The zero-order valence-corrected chi connectivity index (χ0v) is 53.6. The van der Waals surface area contributed by atoms with E-state index < -0.39 is 12.1 Å². The van der Waals surface area contributed by atoms with Gasteiger partial charge in [0.15, 0.2) is 0 Å². The Bertz CT molecular complexity index is 1230. The van der Waals surface area contributed by atoms with E-state index in [0.717, 1.165) is 44.9 Å². The summed E-state index contributed by atoms with van der Waals surface area (Å²) in [4.78, 5) is 24.5. The normalized spacial score (nSPS) is 12.6. The second kappa shape index (κ2) is 68.8. The van der Waals surface area contributed by atoms with Gasteiger partial charge in [-0.3, -0.25) is 9.59 Å². The molecule has 0 aliphatic carbocycles. The lowest BCUT2D eigenvalue weighted by Gasteiger charge is -2.22. The van der Waals surface area contributed by atoms with Gasteiger partial charge in [0.25, 0.3) is 0 Å². The van der Waals surface area contributed by atoms with Crippen LogP contribution in [-0.2, 0) is 14.3 Å². The van der Waals surface area contributed by atoms with Crippen molar-refractivity contribution in [3.8, 4) is 0 Å². The van der Waals surface area contributed by atoms with Crippen LogP contribution in [0.2, 0.25) is 0 Å². The number of unbranched alkanes of at least 4 members (excludes halogenated alkanes) is 53. The maximum absolute atomic E-state index is 12.5. The van der Waals surface area contributed by atoms with Gasteiger partial charge in [-0.15, -0.1) is 0 Å². The van der Waals surface area contributed by atoms with Crippen LogP contribution in [0.5, 0.6) is 0 Å². The molecule has 79 heavy (non-hydrogen) atoms. The van der Waals surface area contributed by atoms with Crippen molar-refractivity contribution in [1.82, 2.24) is 5.32 Å². The number of allylic oxidation sites excluding steroid dienone is 4. The Morgan fingerprint density at radius 2 is 0.608 bits per heavy atom. The number of esters is 1. The molecule has 0 aromatic rings. The minimum atomic E-state index is -0.659. The topological polar surface area (TPSA) is 95.9 Å². The van der Waals surface area contributed by atoms with Crippen molar-refractivity contribution in [1.29, 1.82) is 0 Å². The van der Waals surface area contributed by atoms with Crippen LogP contribution in [0, 0.1) is 0 Å².